The fraction of sp³-hybridized carbons (Fsp3) is 0.0500. The van der Waals surface area contributed by atoms with E-state index in [1.165, 1.54) is 5.56 Å². The Balaban J connectivity index is 1.85. The minimum atomic E-state index is 0.638. The molecule has 4 heteroatoms. The molecule has 0 radical (unpaired) electrons. The second-order valence-electron chi connectivity index (χ2n) is 5.53. The van der Waals surface area contributed by atoms with Crippen molar-refractivity contribution < 1.29 is 4.42 Å². The highest BCUT2D eigenvalue weighted by Crippen LogP contribution is 2.34. The Morgan fingerprint density at radius 2 is 1.62 bits per heavy atom. The summed E-state index contributed by atoms with van der Waals surface area (Å²) in [4.78, 5) is 4.69. The molecule has 1 aromatic heterocycles. The number of oxazole rings is 1. The van der Waals surface area contributed by atoms with Gasteiger partial charge in [-0.3, -0.25) is 0 Å². The molecule has 0 N–H and O–H groups in total. The zero-order valence-corrected chi connectivity index (χ0v) is 15.8. The van der Waals surface area contributed by atoms with Gasteiger partial charge in [-0.05, 0) is 56.9 Å². The molecule has 0 bridgehead atoms. The van der Waals surface area contributed by atoms with E-state index < -0.39 is 0 Å². The van der Waals surface area contributed by atoms with Crippen molar-refractivity contribution in [3.63, 3.8) is 0 Å². The van der Waals surface area contributed by atoms with Crippen molar-refractivity contribution >= 4 is 43.0 Å². The lowest BCUT2D eigenvalue weighted by molar-refractivity contribution is 0.618. The molecule has 0 spiro atoms. The number of fused-ring (bicyclic) bond motifs is 1. The van der Waals surface area contributed by atoms with Gasteiger partial charge in [-0.25, -0.2) is 4.98 Å². The number of hydrogen-bond donors (Lipinski definition) is 0. The summed E-state index contributed by atoms with van der Waals surface area (Å²) in [5.74, 6) is 0.638. The SMILES string of the molecule is BrCc1cccc(-c2nc3cc(-c4ccccc4)cc(Br)c3o2)c1. The number of benzene rings is 3. The molecule has 0 aliphatic carbocycles. The average Bonchev–Trinajstić information content (AvgIpc) is 3.07. The van der Waals surface area contributed by atoms with Gasteiger partial charge in [0.1, 0.15) is 5.52 Å². The largest absolute Gasteiger partial charge is 0.435 e. The summed E-state index contributed by atoms with van der Waals surface area (Å²) < 4.78 is 6.91. The minimum Gasteiger partial charge on any atom is -0.435 e. The van der Waals surface area contributed by atoms with E-state index in [0.717, 1.165) is 37.6 Å². The summed E-state index contributed by atoms with van der Waals surface area (Å²) >= 11 is 7.11. The maximum atomic E-state index is 6.00. The zero-order valence-electron chi connectivity index (χ0n) is 12.7. The molecule has 118 valence electrons. The minimum absolute atomic E-state index is 0.638. The van der Waals surface area contributed by atoms with Crippen LogP contribution in [0.5, 0.6) is 0 Å². The highest BCUT2D eigenvalue weighted by Gasteiger charge is 2.13. The molecule has 0 amide bonds. The van der Waals surface area contributed by atoms with E-state index in [1.54, 1.807) is 0 Å². The maximum Gasteiger partial charge on any atom is 0.227 e. The standard InChI is InChI=1S/C20H13Br2NO/c21-12-13-5-4-8-15(9-13)20-23-18-11-16(10-17(22)19(18)24-20)14-6-2-1-3-7-14/h1-11H,12H2. The van der Waals surface area contributed by atoms with Gasteiger partial charge in [-0.1, -0.05) is 58.4 Å². The van der Waals surface area contributed by atoms with Crippen LogP contribution in [0.15, 0.2) is 75.6 Å². The molecule has 0 saturated heterocycles. The summed E-state index contributed by atoms with van der Waals surface area (Å²) in [6, 6.07) is 22.6. The van der Waals surface area contributed by atoms with Crippen LogP contribution in [0, 0.1) is 0 Å². The van der Waals surface area contributed by atoms with Crippen LogP contribution in [-0.2, 0) is 5.33 Å². The van der Waals surface area contributed by atoms with Gasteiger partial charge in [0.25, 0.3) is 0 Å². The first kappa shape index (κ1) is 15.6. The van der Waals surface area contributed by atoms with Crippen LogP contribution in [-0.4, -0.2) is 4.98 Å². The van der Waals surface area contributed by atoms with Crippen LogP contribution in [0.25, 0.3) is 33.7 Å². The molecule has 0 saturated carbocycles. The van der Waals surface area contributed by atoms with Crippen molar-refractivity contribution in [1.29, 1.82) is 0 Å². The van der Waals surface area contributed by atoms with Crippen molar-refractivity contribution in [2.24, 2.45) is 0 Å². The van der Waals surface area contributed by atoms with Crippen LogP contribution in [0.4, 0.5) is 0 Å². The quantitative estimate of drug-likeness (QED) is 0.325. The Hall–Kier alpha value is -1.91. The van der Waals surface area contributed by atoms with Crippen molar-refractivity contribution in [3.8, 4) is 22.6 Å². The van der Waals surface area contributed by atoms with Crippen LogP contribution >= 0.6 is 31.9 Å². The van der Waals surface area contributed by atoms with Gasteiger partial charge >= 0.3 is 0 Å². The smallest absolute Gasteiger partial charge is 0.227 e. The van der Waals surface area contributed by atoms with Crippen molar-refractivity contribution in [1.82, 2.24) is 4.98 Å². The molecule has 1 heterocycles. The summed E-state index contributed by atoms with van der Waals surface area (Å²) in [5.41, 5.74) is 6.07. The molecule has 0 unspecified atom stereocenters. The normalized spacial score (nSPS) is 11.1. The van der Waals surface area contributed by atoms with E-state index >= 15 is 0 Å². The van der Waals surface area contributed by atoms with Crippen LogP contribution in [0.3, 0.4) is 0 Å². The second-order valence-corrected chi connectivity index (χ2v) is 6.94. The van der Waals surface area contributed by atoms with E-state index in [0.29, 0.717) is 5.89 Å². The summed E-state index contributed by atoms with van der Waals surface area (Å²) in [5, 5.41) is 0.808. The molecular formula is C20H13Br2NO. The third kappa shape index (κ3) is 2.92. The van der Waals surface area contributed by atoms with Crippen LogP contribution in [0.1, 0.15) is 5.56 Å². The number of halogens is 2. The summed E-state index contributed by atoms with van der Waals surface area (Å²) in [6.45, 7) is 0. The number of aromatic nitrogens is 1. The molecule has 2 nitrogen and oxygen atoms in total. The summed E-state index contributed by atoms with van der Waals surface area (Å²) in [6.07, 6.45) is 0. The predicted molar refractivity (Wildman–Crippen MR) is 105 cm³/mol. The highest BCUT2D eigenvalue weighted by molar-refractivity contribution is 9.10. The van der Waals surface area contributed by atoms with E-state index in [9.17, 15) is 0 Å². The first-order valence-electron chi connectivity index (χ1n) is 7.55. The van der Waals surface area contributed by atoms with Crippen molar-refractivity contribution in [2.45, 2.75) is 5.33 Å². The molecule has 0 atom stereocenters. The Labute approximate surface area is 156 Å². The van der Waals surface area contributed by atoms with E-state index in [-0.39, 0.29) is 0 Å². The molecule has 4 rings (SSSR count). The number of alkyl halides is 1. The molecule has 4 aromatic rings. The summed E-state index contributed by atoms with van der Waals surface area (Å²) in [7, 11) is 0. The van der Waals surface area contributed by atoms with Gasteiger partial charge in [0.2, 0.25) is 5.89 Å². The monoisotopic (exact) mass is 441 g/mol. The van der Waals surface area contributed by atoms with E-state index in [4.69, 9.17) is 9.40 Å². The second kappa shape index (κ2) is 6.54. The third-order valence-corrected chi connectivity index (χ3v) is 5.12. The Morgan fingerprint density at radius 3 is 2.42 bits per heavy atom. The number of nitrogens with zero attached hydrogens (tertiary/aromatic N) is 1. The first-order valence-corrected chi connectivity index (χ1v) is 9.47. The predicted octanol–water partition coefficient (Wildman–Crippen LogP) is 6.82. The fourth-order valence-electron chi connectivity index (χ4n) is 2.70. The molecule has 0 aliphatic heterocycles. The van der Waals surface area contributed by atoms with Gasteiger partial charge < -0.3 is 4.42 Å². The third-order valence-electron chi connectivity index (χ3n) is 3.88. The van der Waals surface area contributed by atoms with Gasteiger partial charge in [0.15, 0.2) is 5.58 Å². The van der Waals surface area contributed by atoms with Gasteiger partial charge in [0, 0.05) is 10.9 Å². The van der Waals surface area contributed by atoms with Crippen molar-refractivity contribution in [2.75, 3.05) is 0 Å². The van der Waals surface area contributed by atoms with Gasteiger partial charge in [-0.15, -0.1) is 0 Å². The number of rotatable bonds is 3. The average molecular weight is 443 g/mol. The molecule has 24 heavy (non-hydrogen) atoms. The van der Waals surface area contributed by atoms with Crippen molar-refractivity contribution in [3.05, 3.63) is 76.8 Å². The number of hydrogen-bond acceptors (Lipinski definition) is 2. The lowest BCUT2D eigenvalue weighted by Gasteiger charge is -2.02. The van der Waals surface area contributed by atoms with E-state index in [2.05, 4.69) is 68.3 Å². The Morgan fingerprint density at radius 1 is 0.833 bits per heavy atom. The zero-order chi connectivity index (χ0) is 16.5. The lowest BCUT2D eigenvalue weighted by atomic mass is 10.1. The highest BCUT2D eigenvalue weighted by atomic mass is 79.9. The Bertz CT molecular complexity index is 1010. The first-order chi connectivity index (χ1) is 11.7. The molecular weight excluding hydrogens is 430 g/mol. The topological polar surface area (TPSA) is 26.0 Å². The van der Waals surface area contributed by atoms with E-state index in [1.807, 2.05) is 30.3 Å². The molecule has 3 aromatic carbocycles. The Kier molecular flexibility index (Phi) is 4.25. The fourth-order valence-corrected chi connectivity index (χ4v) is 3.58. The molecule has 0 fully saturated rings. The van der Waals surface area contributed by atoms with Gasteiger partial charge in [0.05, 0.1) is 4.47 Å². The van der Waals surface area contributed by atoms with Crippen LogP contribution in [0.2, 0.25) is 0 Å². The maximum absolute atomic E-state index is 6.00. The lowest BCUT2D eigenvalue weighted by Crippen LogP contribution is -1.81. The molecule has 0 aliphatic rings. The van der Waals surface area contributed by atoms with Gasteiger partial charge in [-0.2, -0.15) is 0 Å². The van der Waals surface area contributed by atoms with Crippen LogP contribution < -0.4 is 0 Å².